The highest BCUT2D eigenvalue weighted by atomic mass is 16.2. The summed E-state index contributed by atoms with van der Waals surface area (Å²) in [6.45, 7) is 7.43. The molecule has 116 valence electrons. The molecule has 2 rings (SSSR count). The normalized spacial score (nSPS) is 12.0. The first kappa shape index (κ1) is 15.9. The number of carbonyl (C=O) groups is 1. The number of aromatic nitrogens is 2. The molecule has 2 aromatic rings. The van der Waals surface area contributed by atoms with Crippen molar-refractivity contribution in [1.29, 1.82) is 0 Å². The van der Waals surface area contributed by atoms with Gasteiger partial charge in [0.1, 0.15) is 6.04 Å². The van der Waals surface area contributed by atoms with Gasteiger partial charge >= 0.3 is 5.69 Å². The molecule has 0 fully saturated rings. The van der Waals surface area contributed by atoms with Crippen LogP contribution in [0.4, 0.5) is 5.69 Å². The van der Waals surface area contributed by atoms with Crippen LogP contribution in [0.25, 0.3) is 0 Å². The van der Waals surface area contributed by atoms with E-state index in [4.69, 9.17) is 0 Å². The zero-order chi connectivity index (χ0) is 16.3. The van der Waals surface area contributed by atoms with Gasteiger partial charge in [-0.15, -0.1) is 0 Å². The average Bonchev–Trinajstić information content (AvgIpc) is 2.42. The van der Waals surface area contributed by atoms with Gasteiger partial charge in [-0.1, -0.05) is 19.1 Å². The van der Waals surface area contributed by atoms with Crippen molar-refractivity contribution < 1.29 is 4.79 Å². The number of anilines is 1. The Morgan fingerprint density at radius 1 is 1.27 bits per heavy atom. The van der Waals surface area contributed by atoms with E-state index in [1.807, 2.05) is 51.1 Å². The third kappa shape index (κ3) is 3.42. The summed E-state index contributed by atoms with van der Waals surface area (Å²) < 4.78 is 1.46. The first-order valence-electron chi connectivity index (χ1n) is 7.36. The topological polar surface area (TPSA) is 64.0 Å². The highest BCUT2D eigenvalue weighted by molar-refractivity contribution is 5.93. The first-order valence-corrected chi connectivity index (χ1v) is 7.36. The molecule has 0 spiro atoms. The number of benzene rings is 1. The van der Waals surface area contributed by atoms with Crippen molar-refractivity contribution in [3.05, 3.63) is 57.8 Å². The van der Waals surface area contributed by atoms with E-state index in [9.17, 15) is 9.59 Å². The molecule has 22 heavy (non-hydrogen) atoms. The number of carbonyl (C=O) groups excluding carboxylic acids is 1. The Morgan fingerprint density at radius 3 is 2.59 bits per heavy atom. The van der Waals surface area contributed by atoms with E-state index in [0.29, 0.717) is 12.1 Å². The van der Waals surface area contributed by atoms with Gasteiger partial charge in [0.15, 0.2) is 0 Å². The molecule has 0 aliphatic rings. The van der Waals surface area contributed by atoms with Crippen molar-refractivity contribution >= 4 is 11.6 Å². The first-order chi connectivity index (χ1) is 10.4. The smallest absolute Gasteiger partial charge is 0.324 e. The fourth-order valence-electron chi connectivity index (χ4n) is 2.57. The van der Waals surface area contributed by atoms with Crippen molar-refractivity contribution in [2.24, 2.45) is 0 Å². The van der Waals surface area contributed by atoms with Crippen LogP contribution in [0.3, 0.4) is 0 Å². The Morgan fingerprint density at radius 2 is 2.00 bits per heavy atom. The molecule has 1 heterocycles. The SMILES string of the molecule is CCC(C(=O)Nc1cccc(C)c1)n1c(C)cc(C)nc1=O. The second kappa shape index (κ2) is 6.56. The lowest BCUT2D eigenvalue weighted by molar-refractivity contribution is -0.119. The summed E-state index contributed by atoms with van der Waals surface area (Å²) in [7, 11) is 0. The molecular formula is C17H21N3O2. The number of rotatable bonds is 4. The van der Waals surface area contributed by atoms with Crippen LogP contribution >= 0.6 is 0 Å². The summed E-state index contributed by atoms with van der Waals surface area (Å²) in [4.78, 5) is 28.6. The van der Waals surface area contributed by atoms with E-state index in [1.165, 1.54) is 4.57 Å². The molecule has 0 bridgehead atoms. The highest BCUT2D eigenvalue weighted by Crippen LogP contribution is 2.16. The third-order valence-corrected chi connectivity index (χ3v) is 3.56. The van der Waals surface area contributed by atoms with Gasteiger partial charge in [0.25, 0.3) is 0 Å². The summed E-state index contributed by atoms with van der Waals surface area (Å²) in [6, 6.07) is 8.82. The van der Waals surface area contributed by atoms with Crippen LogP contribution in [0.5, 0.6) is 0 Å². The van der Waals surface area contributed by atoms with Gasteiger partial charge in [0.2, 0.25) is 5.91 Å². The van der Waals surface area contributed by atoms with E-state index in [2.05, 4.69) is 10.3 Å². The standard InChI is InChI=1S/C17H21N3O2/c1-5-15(20-13(4)10-12(3)18-17(20)22)16(21)19-14-8-6-7-11(2)9-14/h6-10,15H,5H2,1-4H3,(H,19,21). The largest absolute Gasteiger partial charge is 0.348 e. The van der Waals surface area contributed by atoms with E-state index >= 15 is 0 Å². The Hall–Kier alpha value is -2.43. The zero-order valence-corrected chi connectivity index (χ0v) is 13.4. The molecule has 0 aliphatic heterocycles. The molecule has 1 atom stereocenters. The maximum Gasteiger partial charge on any atom is 0.348 e. The number of hydrogen-bond donors (Lipinski definition) is 1. The lowest BCUT2D eigenvalue weighted by Crippen LogP contribution is -2.36. The zero-order valence-electron chi connectivity index (χ0n) is 13.4. The number of aryl methyl sites for hydroxylation is 3. The van der Waals surface area contributed by atoms with Crippen molar-refractivity contribution in [3.8, 4) is 0 Å². The molecule has 0 saturated carbocycles. The monoisotopic (exact) mass is 299 g/mol. The molecule has 1 N–H and O–H groups in total. The fourth-order valence-corrected chi connectivity index (χ4v) is 2.57. The van der Waals surface area contributed by atoms with Gasteiger partial charge in [-0.2, -0.15) is 4.98 Å². The Balaban J connectivity index is 2.32. The van der Waals surface area contributed by atoms with Gasteiger partial charge in [-0.3, -0.25) is 9.36 Å². The minimum atomic E-state index is -0.568. The molecule has 0 saturated heterocycles. The molecule has 1 aromatic carbocycles. The van der Waals surface area contributed by atoms with E-state index in [-0.39, 0.29) is 11.6 Å². The summed E-state index contributed by atoms with van der Waals surface area (Å²) in [5, 5.41) is 2.87. The van der Waals surface area contributed by atoms with Crippen LogP contribution in [-0.4, -0.2) is 15.5 Å². The molecule has 0 radical (unpaired) electrons. The average molecular weight is 299 g/mol. The van der Waals surface area contributed by atoms with Crippen LogP contribution in [0, 0.1) is 20.8 Å². The molecule has 1 amide bonds. The second-order valence-electron chi connectivity index (χ2n) is 5.47. The number of amides is 1. The number of nitrogens with one attached hydrogen (secondary N) is 1. The van der Waals surface area contributed by atoms with Crippen LogP contribution in [-0.2, 0) is 4.79 Å². The Bertz CT molecular complexity index is 750. The van der Waals surface area contributed by atoms with Gasteiger partial charge < -0.3 is 5.32 Å². The molecule has 5 heteroatoms. The van der Waals surface area contributed by atoms with E-state index in [1.54, 1.807) is 6.92 Å². The number of hydrogen-bond acceptors (Lipinski definition) is 3. The van der Waals surface area contributed by atoms with Gasteiger partial charge in [-0.05, 0) is 51.0 Å². The maximum absolute atomic E-state index is 12.5. The summed E-state index contributed by atoms with van der Waals surface area (Å²) in [5.74, 6) is -0.205. The van der Waals surface area contributed by atoms with Crippen molar-refractivity contribution in [2.45, 2.75) is 40.2 Å². The van der Waals surface area contributed by atoms with Crippen LogP contribution < -0.4 is 11.0 Å². The minimum Gasteiger partial charge on any atom is -0.324 e. The molecule has 0 aliphatic carbocycles. The van der Waals surface area contributed by atoms with Crippen molar-refractivity contribution in [3.63, 3.8) is 0 Å². The lowest BCUT2D eigenvalue weighted by Gasteiger charge is -2.20. The second-order valence-corrected chi connectivity index (χ2v) is 5.47. The molecule has 5 nitrogen and oxygen atoms in total. The van der Waals surface area contributed by atoms with E-state index in [0.717, 1.165) is 16.9 Å². The summed E-state index contributed by atoms with van der Waals surface area (Å²) in [5.41, 5.74) is 2.81. The predicted molar refractivity (Wildman–Crippen MR) is 87.1 cm³/mol. The van der Waals surface area contributed by atoms with Gasteiger partial charge in [0.05, 0.1) is 0 Å². The highest BCUT2D eigenvalue weighted by Gasteiger charge is 2.22. The fraction of sp³-hybridized carbons (Fsp3) is 0.353. The molecule has 1 unspecified atom stereocenters. The van der Waals surface area contributed by atoms with Crippen LogP contribution in [0.15, 0.2) is 35.1 Å². The number of nitrogens with zero attached hydrogens (tertiary/aromatic N) is 2. The van der Waals surface area contributed by atoms with Gasteiger partial charge in [-0.25, -0.2) is 4.79 Å². The van der Waals surface area contributed by atoms with Crippen LogP contribution in [0.2, 0.25) is 0 Å². The Labute approximate surface area is 130 Å². The summed E-state index contributed by atoms with van der Waals surface area (Å²) >= 11 is 0. The minimum absolute atomic E-state index is 0.205. The maximum atomic E-state index is 12.5. The quantitative estimate of drug-likeness (QED) is 0.944. The Kier molecular flexibility index (Phi) is 4.75. The van der Waals surface area contributed by atoms with Crippen molar-refractivity contribution in [1.82, 2.24) is 9.55 Å². The van der Waals surface area contributed by atoms with Gasteiger partial charge in [0, 0.05) is 17.1 Å². The van der Waals surface area contributed by atoms with E-state index < -0.39 is 6.04 Å². The predicted octanol–water partition coefficient (Wildman–Crippen LogP) is 2.76. The molecular weight excluding hydrogens is 278 g/mol. The van der Waals surface area contributed by atoms with Crippen molar-refractivity contribution in [2.75, 3.05) is 5.32 Å². The third-order valence-electron chi connectivity index (χ3n) is 3.56. The van der Waals surface area contributed by atoms with Crippen LogP contribution in [0.1, 0.15) is 36.3 Å². The molecule has 1 aromatic heterocycles. The summed E-state index contributed by atoms with van der Waals surface area (Å²) in [6.07, 6.45) is 0.517. The lowest BCUT2D eigenvalue weighted by atomic mass is 10.1.